The molecule has 0 heterocycles. The van der Waals surface area contributed by atoms with Crippen LogP contribution in [0.15, 0.2) is 24.4 Å². The number of phenolic OH excluding ortho intramolecular Hbond substituents is 1. The highest BCUT2D eigenvalue weighted by molar-refractivity contribution is 5.57. The molecule has 14 heavy (non-hydrogen) atoms. The predicted octanol–water partition coefficient (Wildman–Crippen LogP) is 1.65. The van der Waals surface area contributed by atoms with Crippen molar-refractivity contribution in [2.24, 2.45) is 0 Å². The molecule has 0 aliphatic carbocycles. The summed E-state index contributed by atoms with van der Waals surface area (Å²) < 4.78 is 4.86. The summed E-state index contributed by atoms with van der Waals surface area (Å²) in [5.74, 6) is 0.447. The Morgan fingerprint density at radius 2 is 2.29 bits per heavy atom. The molecule has 0 saturated carbocycles. The monoisotopic (exact) mass is 195 g/mol. The third-order valence-electron chi connectivity index (χ3n) is 1.61. The summed E-state index contributed by atoms with van der Waals surface area (Å²) in [7, 11) is 1.47. The Bertz CT molecular complexity index is 373. The Hall–Kier alpha value is -2.04. The Labute approximate surface area is 80.4 Å². The Morgan fingerprint density at radius 1 is 1.57 bits per heavy atom. The van der Waals surface area contributed by atoms with E-state index in [9.17, 15) is 15.2 Å². The van der Waals surface area contributed by atoms with Crippen molar-refractivity contribution >= 4 is 6.08 Å². The van der Waals surface area contributed by atoms with Crippen molar-refractivity contribution in [2.75, 3.05) is 7.11 Å². The Balaban J connectivity index is 2.94. The second-order valence-electron chi connectivity index (χ2n) is 2.53. The molecule has 0 aliphatic heterocycles. The highest BCUT2D eigenvalue weighted by Crippen LogP contribution is 2.24. The highest BCUT2D eigenvalue weighted by atomic mass is 16.6. The largest absolute Gasteiger partial charge is 0.507 e. The first-order valence-electron chi connectivity index (χ1n) is 3.82. The molecule has 1 aromatic carbocycles. The van der Waals surface area contributed by atoms with Gasteiger partial charge in [-0.2, -0.15) is 0 Å². The Morgan fingerprint density at radius 3 is 2.79 bits per heavy atom. The summed E-state index contributed by atoms with van der Waals surface area (Å²) in [5, 5.41) is 19.4. The van der Waals surface area contributed by atoms with Crippen LogP contribution in [0.4, 0.5) is 0 Å². The molecule has 0 atom stereocenters. The average molecular weight is 195 g/mol. The van der Waals surface area contributed by atoms with E-state index in [0.29, 0.717) is 11.3 Å². The maximum absolute atomic E-state index is 10.0. The normalized spacial score (nSPS) is 10.4. The lowest BCUT2D eigenvalue weighted by atomic mass is 10.2. The molecule has 0 fully saturated rings. The van der Waals surface area contributed by atoms with Gasteiger partial charge in [0, 0.05) is 17.7 Å². The summed E-state index contributed by atoms with van der Waals surface area (Å²) in [6, 6.07) is 4.53. The van der Waals surface area contributed by atoms with Crippen LogP contribution in [0.3, 0.4) is 0 Å². The van der Waals surface area contributed by atoms with Crippen molar-refractivity contribution in [2.45, 2.75) is 0 Å². The molecule has 0 radical (unpaired) electrons. The fourth-order valence-corrected chi connectivity index (χ4v) is 0.933. The second-order valence-corrected chi connectivity index (χ2v) is 2.53. The molecule has 74 valence electrons. The number of phenols is 1. The number of methoxy groups -OCH3 is 1. The van der Waals surface area contributed by atoms with Crippen LogP contribution in [-0.2, 0) is 0 Å². The lowest BCUT2D eigenvalue weighted by molar-refractivity contribution is -0.400. The molecular weight excluding hydrogens is 186 g/mol. The summed E-state index contributed by atoms with van der Waals surface area (Å²) in [4.78, 5) is 9.43. The molecule has 0 saturated heterocycles. The number of nitro groups is 1. The van der Waals surface area contributed by atoms with Crippen molar-refractivity contribution in [1.29, 1.82) is 0 Å². The molecule has 1 rings (SSSR count). The highest BCUT2D eigenvalue weighted by Gasteiger charge is 2.00. The van der Waals surface area contributed by atoms with E-state index in [4.69, 9.17) is 4.74 Å². The van der Waals surface area contributed by atoms with Crippen LogP contribution in [0, 0.1) is 10.1 Å². The summed E-state index contributed by atoms with van der Waals surface area (Å²) in [6.07, 6.45) is 1.98. The van der Waals surface area contributed by atoms with Gasteiger partial charge in [-0.3, -0.25) is 10.1 Å². The minimum Gasteiger partial charge on any atom is -0.507 e. The first kappa shape index (κ1) is 10.0. The zero-order valence-electron chi connectivity index (χ0n) is 7.51. The smallest absolute Gasteiger partial charge is 0.235 e. The molecule has 5 heteroatoms. The van der Waals surface area contributed by atoms with Crippen molar-refractivity contribution < 1.29 is 14.8 Å². The van der Waals surface area contributed by atoms with E-state index in [-0.39, 0.29) is 5.75 Å². The van der Waals surface area contributed by atoms with Crippen LogP contribution in [0.1, 0.15) is 5.56 Å². The van der Waals surface area contributed by atoms with Gasteiger partial charge in [0.1, 0.15) is 11.5 Å². The van der Waals surface area contributed by atoms with Crippen molar-refractivity contribution in [3.63, 3.8) is 0 Å². The van der Waals surface area contributed by atoms with Crippen molar-refractivity contribution in [3.8, 4) is 11.5 Å². The first-order chi connectivity index (χ1) is 6.63. The van der Waals surface area contributed by atoms with E-state index in [2.05, 4.69) is 0 Å². The topological polar surface area (TPSA) is 72.6 Å². The van der Waals surface area contributed by atoms with Gasteiger partial charge < -0.3 is 9.84 Å². The number of hydrogen-bond acceptors (Lipinski definition) is 4. The molecule has 5 nitrogen and oxygen atoms in total. The fourth-order valence-electron chi connectivity index (χ4n) is 0.933. The van der Waals surface area contributed by atoms with E-state index < -0.39 is 4.92 Å². The van der Waals surface area contributed by atoms with Crippen LogP contribution in [-0.4, -0.2) is 17.1 Å². The predicted molar refractivity (Wildman–Crippen MR) is 50.7 cm³/mol. The number of benzene rings is 1. The molecule has 1 aromatic rings. The lowest BCUT2D eigenvalue weighted by Gasteiger charge is -2.01. The van der Waals surface area contributed by atoms with E-state index in [1.807, 2.05) is 0 Å². The molecular formula is C9H9NO4. The lowest BCUT2D eigenvalue weighted by Crippen LogP contribution is -1.85. The van der Waals surface area contributed by atoms with Crippen LogP contribution in [0.5, 0.6) is 11.5 Å². The third-order valence-corrected chi connectivity index (χ3v) is 1.61. The SMILES string of the molecule is COc1ccc(/C=C/[N+](=O)[O-])c(O)c1. The van der Waals surface area contributed by atoms with Gasteiger partial charge in [0.05, 0.1) is 12.0 Å². The molecule has 0 aliphatic rings. The second kappa shape index (κ2) is 4.27. The molecule has 0 bridgehead atoms. The number of hydrogen-bond donors (Lipinski definition) is 1. The van der Waals surface area contributed by atoms with E-state index in [1.54, 1.807) is 6.07 Å². The van der Waals surface area contributed by atoms with Crippen LogP contribution in [0.2, 0.25) is 0 Å². The van der Waals surface area contributed by atoms with Gasteiger partial charge in [-0.15, -0.1) is 0 Å². The van der Waals surface area contributed by atoms with E-state index in [0.717, 1.165) is 6.20 Å². The van der Waals surface area contributed by atoms with Gasteiger partial charge in [0.15, 0.2) is 0 Å². The number of ether oxygens (including phenoxy) is 1. The summed E-state index contributed by atoms with van der Waals surface area (Å²) >= 11 is 0. The minimum atomic E-state index is -0.594. The zero-order chi connectivity index (χ0) is 10.6. The van der Waals surface area contributed by atoms with Crippen molar-refractivity contribution in [3.05, 3.63) is 40.1 Å². The van der Waals surface area contributed by atoms with Crippen LogP contribution in [0.25, 0.3) is 6.08 Å². The minimum absolute atomic E-state index is 0.0533. The van der Waals surface area contributed by atoms with Gasteiger partial charge >= 0.3 is 0 Å². The number of rotatable bonds is 3. The molecule has 0 spiro atoms. The molecule has 1 N–H and O–H groups in total. The summed E-state index contributed by atoms with van der Waals surface area (Å²) in [6.45, 7) is 0. The van der Waals surface area contributed by atoms with Gasteiger partial charge in [0.25, 0.3) is 0 Å². The van der Waals surface area contributed by atoms with Crippen LogP contribution >= 0.6 is 0 Å². The maximum Gasteiger partial charge on any atom is 0.235 e. The van der Waals surface area contributed by atoms with Crippen LogP contribution < -0.4 is 4.74 Å². The van der Waals surface area contributed by atoms with Gasteiger partial charge in [0.2, 0.25) is 6.20 Å². The van der Waals surface area contributed by atoms with Gasteiger partial charge in [-0.05, 0) is 12.1 Å². The standard InChI is InChI=1S/C9H9NO4/c1-14-8-3-2-7(9(11)6-8)4-5-10(12)13/h2-6,11H,1H3/b5-4+. The number of aromatic hydroxyl groups is 1. The van der Waals surface area contributed by atoms with E-state index >= 15 is 0 Å². The molecule has 0 unspecified atom stereocenters. The number of nitrogens with zero attached hydrogens (tertiary/aromatic N) is 1. The maximum atomic E-state index is 10.0. The third kappa shape index (κ3) is 2.48. The molecule has 0 aromatic heterocycles. The van der Waals surface area contributed by atoms with E-state index in [1.165, 1.54) is 25.3 Å². The Kier molecular flexibility index (Phi) is 3.06. The zero-order valence-corrected chi connectivity index (χ0v) is 7.51. The quantitative estimate of drug-likeness (QED) is 0.587. The van der Waals surface area contributed by atoms with Crippen molar-refractivity contribution in [1.82, 2.24) is 0 Å². The molecule has 0 amide bonds. The van der Waals surface area contributed by atoms with Gasteiger partial charge in [-0.25, -0.2) is 0 Å². The summed E-state index contributed by atoms with van der Waals surface area (Å²) in [5.41, 5.74) is 0.377. The first-order valence-corrected chi connectivity index (χ1v) is 3.82. The average Bonchev–Trinajstić information content (AvgIpc) is 2.15. The van der Waals surface area contributed by atoms with Gasteiger partial charge in [-0.1, -0.05) is 0 Å². The fraction of sp³-hybridized carbons (Fsp3) is 0.111.